The van der Waals surface area contributed by atoms with E-state index in [0.717, 1.165) is 30.4 Å². The van der Waals surface area contributed by atoms with Crippen molar-refractivity contribution in [1.29, 1.82) is 0 Å². The minimum Gasteiger partial charge on any atom is -0.478 e. The number of aromatic nitrogens is 2. The van der Waals surface area contributed by atoms with Gasteiger partial charge in [-0.3, -0.25) is 9.13 Å². The van der Waals surface area contributed by atoms with Crippen LogP contribution in [0.4, 0.5) is 0 Å². The molecule has 0 aliphatic carbocycles. The van der Waals surface area contributed by atoms with E-state index in [9.17, 15) is 24.6 Å². The molecular weight excluding hydrogens is 408 g/mol. The van der Waals surface area contributed by atoms with Crippen molar-refractivity contribution in [2.24, 2.45) is 0 Å². The van der Waals surface area contributed by atoms with Gasteiger partial charge in [0.15, 0.2) is 5.69 Å². The lowest BCUT2D eigenvalue weighted by Gasteiger charge is -2.10. The van der Waals surface area contributed by atoms with Crippen LogP contribution in [0.5, 0.6) is 0 Å². The van der Waals surface area contributed by atoms with Crippen molar-refractivity contribution < 1.29 is 19.8 Å². The number of aromatic carboxylic acids is 2. The first-order valence-electron chi connectivity index (χ1n) is 10.9. The first-order valence-corrected chi connectivity index (χ1v) is 10.9. The van der Waals surface area contributed by atoms with Gasteiger partial charge in [0.1, 0.15) is 0 Å². The van der Waals surface area contributed by atoms with E-state index in [1.807, 2.05) is 38.1 Å². The van der Waals surface area contributed by atoms with E-state index in [2.05, 4.69) is 0 Å². The molecule has 0 fully saturated rings. The third-order valence-electron chi connectivity index (χ3n) is 5.52. The third kappa shape index (κ3) is 4.66. The SMILES string of the molecule is CCCCn1c(C(=O)O)c(CCC)n(Cc2ccc(-c3ccccc3C(=O)O)cc2)c1=O. The van der Waals surface area contributed by atoms with E-state index in [-0.39, 0.29) is 23.5 Å². The number of benzene rings is 2. The fourth-order valence-corrected chi connectivity index (χ4v) is 3.95. The predicted octanol–water partition coefficient (Wildman–Crippen LogP) is 4.51. The summed E-state index contributed by atoms with van der Waals surface area (Å²) in [6.45, 7) is 4.60. The van der Waals surface area contributed by atoms with Gasteiger partial charge in [-0.25, -0.2) is 14.4 Å². The molecule has 0 atom stereocenters. The number of rotatable bonds is 10. The van der Waals surface area contributed by atoms with Crippen molar-refractivity contribution in [1.82, 2.24) is 9.13 Å². The second kappa shape index (κ2) is 10.1. The van der Waals surface area contributed by atoms with Crippen LogP contribution >= 0.6 is 0 Å². The number of hydrogen-bond donors (Lipinski definition) is 2. The van der Waals surface area contributed by atoms with Gasteiger partial charge in [0.2, 0.25) is 0 Å². The minimum atomic E-state index is -1.08. The summed E-state index contributed by atoms with van der Waals surface area (Å²) in [5, 5.41) is 19.2. The first kappa shape index (κ1) is 23.1. The van der Waals surface area contributed by atoms with Crippen molar-refractivity contribution in [3.05, 3.63) is 81.5 Å². The standard InChI is InChI=1S/C25H28N2O5/c1-3-5-15-26-22(24(30)31)21(8-4-2)27(25(26)32)16-17-11-13-18(14-12-17)19-9-6-7-10-20(19)23(28)29/h6-7,9-14H,3-5,8,15-16H2,1-2H3,(H,28,29)(H,30,31). The second-order valence-corrected chi connectivity index (χ2v) is 7.77. The van der Waals surface area contributed by atoms with Gasteiger partial charge in [0, 0.05) is 6.54 Å². The second-order valence-electron chi connectivity index (χ2n) is 7.77. The van der Waals surface area contributed by atoms with Crippen molar-refractivity contribution >= 4 is 11.9 Å². The number of nitrogens with zero attached hydrogens (tertiary/aromatic N) is 2. The minimum absolute atomic E-state index is 0.0808. The lowest BCUT2D eigenvalue weighted by molar-refractivity contribution is 0.0677. The van der Waals surface area contributed by atoms with E-state index >= 15 is 0 Å². The maximum absolute atomic E-state index is 13.1. The van der Waals surface area contributed by atoms with Crippen LogP contribution in [0.3, 0.4) is 0 Å². The molecule has 0 bridgehead atoms. The Morgan fingerprint density at radius 1 is 0.875 bits per heavy atom. The van der Waals surface area contributed by atoms with E-state index < -0.39 is 11.9 Å². The van der Waals surface area contributed by atoms with E-state index in [4.69, 9.17) is 0 Å². The Kier molecular flexibility index (Phi) is 7.30. The molecule has 0 aliphatic rings. The maximum Gasteiger partial charge on any atom is 0.354 e. The molecule has 0 unspecified atom stereocenters. The van der Waals surface area contributed by atoms with Crippen LogP contribution in [0.15, 0.2) is 53.3 Å². The molecule has 0 saturated carbocycles. The molecule has 2 N–H and O–H groups in total. The zero-order valence-corrected chi connectivity index (χ0v) is 18.4. The first-order chi connectivity index (χ1) is 15.4. The molecule has 0 spiro atoms. The number of carboxylic acids is 2. The van der Waals surface area contributed by atoms with E-state index in [1.165, 1.54) is 4.57 Å². The van der Waals surface area contributed by atoms with Gasteiger partial charge in [0.25, 0.3) is 0 Å². The van der Waals surface area contributed by atoms with Crippen LogP contribution in [0.1, 0.15) is 65.2 Å². The number of unbranched alkanes of at least 4 members (excludes halogenated alkanes) is 1. The van der Waals surface area contributed by atoms with E-state index in [1.54, 1.807) is 28.8 Å². The van der Waals surface area contributed by atoms with Gasteiger partial charge in [0.05, 0.1) is 17.8 Å². The number of hydrogen-bond acceptors (Lipinski definition) is 3. The molecule has 7 heteroatoms. The molecule has 0 aliphatic heterocycles. The lowest BCUT2D eigenvalue weighted by atomic mass is 9.99. The number of imidazole rings is 1. The Labute approximate surface area is 186 Å². The fourth-order valence-electron chi connectivity index (χ4n) is 3.95. The molecule has 0 saturated heterocycles. The van der Waals surface area contributed by atoms with Crippen LogP contribution < -0.4 is 5.69 Å². The molecule has 1 aromatic heterocycles. The monoisotopic (exact) mass is 436 g/mol. The average molecular weight is 437 g/mol. The van der Waals surface area contributed by atoms with Gasteiger partial charge in [-0.2, -0.15) is 0 Å². The van der Waals surface area contributed by atoms with Crippen molar-refractivity contribution in [3.8, 4) is 11.1 Å². The summed E-state index contributed by atoms with van der Waals surface area (Å²) < 4.78 is 2.94. The van der Waals surface area contributed by atoms with Crippen LogP contribution in [0.25, 0.3) is 11.1 Å². The smallest absolute Gasteiger partial charge is 0.354 e. The summed E-state index contributed by atoms with van der Waals surface area (Å²) in [4.78, 5) is 36.6. The molecular formula is C25H28N2O5. The largest absolute Gasteiger partial charge is 0.478 e. The quantitative estimate of drug-likeness (QED) is 0.487. The third-order valence-corrected chi connectivity index (χ3v) is 5.52. The van der Waals surface area contributed by atoms with Crippen LogP contribution in [-0.4, -0.2) is 31.3 Å². The summed E-state index contributed by atoms with van der Waals surface area (Å²) >= 11 is 0. The maximum atomic E-state index is 13.1. The molecule has 0 radical (unpaired) electrons. The molecule has 3 aromatic rings. The van der Waals surface area contributed by atoms with Crippen LogP contribution in [0.2, 0.25) is 0 Å². The summed E-state index contributed by atoms with van der Waals surface area (Å²) in [6, 6.07) is 14.1. The molecule has 2 aromatic carbocycles. The Morgan fingerprint density at radius 3 is 2.16 bits per heavy atom. The van der Waals surface area contributed by atoms with Gasteiger partial charge in [-0.15, -0.1) is 0 Å². The van der Waals surface area contributed by atoms with Gasteiger partial charge < -0.3 is 10.2 Å². The molecule has 0 amide bonds. The average Bonchev–Trinajstić information content (AvgIpc) is 3.04. The molecule has 1 heterocycles. The Balaban J connectivity index is 1.99. The van der Waals surface area contributed by atoms with Gasteiger partial charge >= 0.3 is 17.6 Å². The highest BCUT2D eigenvalue weighted by Crippen LogP contribution is 2.24. The van der Waals surface area contributed by atoms with Crippen molar-refractivity contribution in [3.63, 3.8) is 0 Å². The highest BCUT2D eigenvalue weighted by Gasteiger charge is 2.24. The zero-order valence-electron chi connectivity index (χ0n) is 18.4. The molecule has 168 valence electrons. The predicted molar refractivity (Wildman–Crippen MR) is 122 cm³/mol. The Hall–Kier alpha value is -3.61. The number of carbonyl (C=O) groups is 2. The molecule has 3 rings (SSSR count). The normalized spacial score (nSPS) is 10.9. The van der Waals surface area contributed by atoms with Crippen LogP contribution in [0, 0.1) is 0 Å². The highest BCUT2D eigenvalue weighted by atomic mass is 16.4. The van der Waals surface area contributed by atoms with Gasteiger partial charge in [-0.05, 0) is 35.6 Å². The molecule has 32 heavy (non-hydrogen) atoms. The van der Waals surface area contributed by atoms with Crippen LogP contribution in [-0.2, 0) is 19.5 Å². The summed E-state index contributed by atoms with van der Waals surface area (Å²) in [5.41, 5.74) is 2.76. The summed E-state index contributed by atoms with van der Waals surface area (Å²) in [6.07, 6.45) is 2.81. The number of carboxylic acid groups (broad SMARTS) is 2. The fraction of sp³-hybridized carbons (Fsp3) is 0.320. The highest BCUT2D eigenvalue weighted by molar-refractivity contribution is 5.96. The lowest BCUT2D eigenvalue weighted by Crippen LogP contribution is -2.26. The molecule has 7 nitrogen and oxygen atoms in total. The summed E-state index contributed by atoms with van der Waals surface area (Å²) in [5.74, 6) is -2.07. The topological polar surface area (TPSA) is 102 Å². The van der Waals surface area contributed by atoms with Crippen molar-refractivity contribution in [2.45, 2.75) is 52.6 Å². The van der Waals surface area contributed by atoms with Gasteiger partial charge in [-0.1, -0.05) is 69.2 Å². The summed E-state index contributed by atoms with van der Waals surface area (Å²) in [7, 11) is 0. The Morgan fingerprint density at radius 2 is 1.56 bits per heavy atom. The van der Waals surface area contributed by atoms with E-state index in [0.29, 0.717) is 24.2 Å². The zero-order chi connectivity index (χ0) is 23.3. The Bertz CT molecular complexity index is 1170. The van der Waals surface area contributed by atoms with Crippen molar-refractivity contribution in [2.75, 3.05) is 0 Å².